The first kappa shape index (κ1) is 31.2. The van der Waals surface area contributed by atoms with Crippen molar-refractivity contribution in [3.05, 3.63) is 0 Å². The lowest BCUT2D eigenvalue weighted by atomic mass is 10.1. The van der Waals surface area contributed by atoms with Crippen LogP contribution in [-0.2, 0) is 9.47 Å². The first-order chi connectivity index (χ1) is 15.5. The van der Waals surface area contributed by atoms with Crippen LogP contribution in [0.5, 0.6) is 0 Å². The Bertz CT molecular complexity index is 368. The van der Waals surface area contributed by atoms with Crippen molar-refractivity contribution < 1.29 is 14.3 Å². The van der Waals surface area contributed by atoms with E-state index in [9.17, 15) is 4.79 Å². The van der Waals surface area contributed by atoms with Crippen LogP contribution in [0, 0.1) is 0 Å². The summed E-state index contributed by atoms with van der Waals surface area (Å²) in [6, 6.07) is 1.08. The summed E-state index contributed by atoms with van der Waals surface area (Å²) < 4.78 is 10.6. The standard InChI is InChI=1S/C27H56N2O3/c1-7-11-19-28(20-12-8-2)25(5)17-15-23-31-27(30)32-24-16-18-26(6)29(21-13-9-3)22-14-10-4/h25-26H,7-24H2,1-6H3. The molecule has 5 heteroatoms. The van der Waals surface area contributed by atoms with Crippen LogP contribution in [0.3, 0.4) is 0 Å². The van der Waals surface area contributed by atoms with E-state index >= 15 is 0 Å². The molecule has 0 saturated heterocycles. The van der Waals surface area contributed by atoms with Gasteiger partial charge in [0.2, 0.25) is 0 Å². The fourth-order valence-corrected chi connectivity index (χ4v) is 4.03. The van der Waals surface area contributed by atoms with Gasteiger partial charge >= 0.3 is 6.16 Å². The van der Waals surface area contributed by atoms with Crippen LogP contribution in [0.4, 0.5) is 4.79 Å². The van der Waals surface area contributed by atoms with Crippen molar-refractivity contribution in [2.45, 2.75) is 131 Å². The summed E-state index contributed by atoms with van der Waals surface area (Å²) in [5.74, 6) is 0. The van der Waals surface area contributed by atoms with Gasteiger partial charge in [-0.3, -0.25) is 0 Å². The molecule has 0 aliphatic heterocycles. The molecule has 0 fully saturated rings. The number of nitrogens with zero attached hydrogens (tertiary/aromatic N) is 2. The fourth-order valence-electron chi connectivity index (χ4n) is 4.03. The molecule has 0 N–H and O–H groups in total. The summed E-state index contributed by atoms with van der Waals surface area (Å²) in [5, 5.41) is 0. The van der Waals surface area contributed by atoms with E-state index in [1.54, 1.807) is 0 Å². The van der Waals surface area contributed by atoms with Gasteiger partial charge in [-0.25, -0.2) is 4.79 Å². The predicted molar refractivity (Wildman–Crippen MR) is 137 cm³/mol. The third-order valence-electron chi connectivity index (χ3n) is 6.41. The van der Waals surface area contributed by atoms with Crippen LogP contribution in [0.15, 0.2) is 0 Å². The molecule has 0 radical (unpaired) electrons. The lowest BCUT2D eigenvalue weighted by Crippen LogP contribution is -2.35. The summed E-state index contributed by atoms with van der Waals surface area (Å²) in [7, 11) is 0. The molecular formula is C27H56N2O3. The van der Waals surface area contributed by atoms with E-state index in [1.165, 1.54) is 77.5 Å². The predicted octanol–water partition coefficient (Wildman–Crippen LogP) is 7.28. The third-order valence-corrected chi connectivity index (χ3v) is 6.41. The quantitative estimate of drug-likeness (QED) is 0.126. The van der Waals surface area contributed by atoms with Gasteiger partial charge in [-0.1, -0.05) is 53.4 Å². The van der Waals surface area contributed by atoms with E-state index in [0.29, 0.717) is 25.3 Å². The number of hydrogen-bond acceptors (Lipinski definition) is 5. The summed E-state index contributed by atoms with van der Waals surface area (Å²) in [6.07, 6.45) is 13.4. The lowest BCUT2D eigenvalue weighted by Gasteiger charge is -2.29. The second-order valence-electron chi connectivity index (χ2n) is 9.42. The maximum atomic E-state index is 11.9. The second-order valence-corrected chi connectivity index (χ2v) is 9.42. The SMILES string of the molecule is CCCCN(CCCC)C(C)CCCOC(=O)OCCCC(C)N(CCCC)CCCC. The van der Waals surface area contributed by atoms with E-state index in [0.717, 1.165) is 25.7 Å². The molecule has 0 rings (SSSR count). The molecule has 2 unspecified atom stereocenters. The first-order valence-corrected chi connectivity index (χ1v) is 13.8. The molecular weight excluding hydrogens is 400 g/mol. The number of carbonyl (C=O) groups excluding carboxylic acids is 1. The minimum atomic E-state index is -0.507. The van der Waals surface area contributed by atoms with E-state index < -0.39 is 6.16 Å². The van der Waals surface area contributed by atoms with Crippen LogP contribution in [0.25, 0.3) is 0 Å². The third kappa shape index (κ3) is 16.8. The average molecular weight is 457 g/mol. The Morgan fingerprint density at radius 3 is 1.19 bits per heavy atom. The Hall–Kier alpha value is -0.810. The lowest BCUT2D eigenvalue weighted by molar-refractivity contribution is 0.0495. The molecule has 0 aromatic rings. The molecule has 0 bridgehead atoms. The van der Waals surface area contributed by atoms with Crippen LogP contribution in [-0.4, -0.2) is 67.4 Å². The molecule has 0 heterocycles. The van der Waals surface area contributed by atoms with Crippen LogP contribution in [0.1, 0.15) is 119 Å². The van der Waals surface area contributed by atoms with Crippen molar-refractivity contribution in [3.63, 3.8) is 0 Å². The maximum Gasteiger partial charge on any atom is 0.508 e. The molecule has 0 aliphatic carbocycles. The molecule has 0 saturated carbocycles. The Balaban J connectivity index is 3.99. The Kier molecular flexibility index (Phi) is 21.4. The average Bonchev–Trinajstić information content (AvgIpc) is 2.79. The highest BCUT2D eigenvalue weighted by atomic mass is 16.7. The highest BCUT2D eigenvalue weighted by Crippen LogP contribution is 2.12. The van der Waals surface area contributed by atoms with Gasteiger partial charge in [-0.15, -0.1) is 0 Å². The zero-order valence-corrected chi connectivity index (χ0v) is 22.5. The molecule has 192 valence electrons. The highest BCUT2D eigenvalue weighted by Gasteiger charge is 2.14. The Morgan fingerprint density at radius 1 is 0.594 bits per heavy atom. The molecule has 5 nitrogen and oxygen atoms in total. The van der Waals surface area contributed by atoms with Gasteiger partial charge in [-0.05, 0) is 91.4 Å². The van der Waals surface area contributed by atoms with E-state index in [1.807, 2.05) is 0 Å². The van der Waals surface area contributed by atoms with Crippen LogP contribution in [0.2, 0.25) is 0 Å². The van der Waals surface area contributed by atoms with Crippen molar-refractivity contribution in [1.29, 1.82) is 0 Å². The molecule has 0 aliphatic rings. The molecule has 0 aromatic heterocycles. The molecule has 0 amide bonds. The van der Waals surface area contributed by atoms with E-state index in [-0.39, 0.29) is 0 Å². The zero-order chi connectivity index (χ0) is 24.0. The van der Waals surface area contributed by atoms with Crippen LogP contribution >= 0.6 is 0 Å². The van der Waals surface area contributed by atoms with Gasteiger partial charge in [-0.2, -0.15) is 0 Å². The molecule has 2 atom stereocenters. The van der Waals surface area contributed by atoms with Gasteiger partial charge in [0.25, 0.3) is 0 Å². The molecule has 0 spiro atoms. The van der Waals surface area contributed by atoms with Gasteiger partial charge in [0.05, 0.1) is 13.2 Å². The highest BCUT2D eigenvalue weighted by molar-refractivity contribution is 5.59. The van der Waals surface area contributed by atoms with Crippen molar-refractivity contribution in [2.24, 2.45) is 0 Å². The smallest absolute Gasteiger partial charge is 0.434 e. The van der Waals surface area contributed by atoms with Crippen molar-refractivity contribution in [3.8, 4) is 0 Å². The summed E-state index contributed by atoms with van der Waals surface area (Å²) >= 11 is 0. The van der Waals surface area contributed by atoms with Gasteiger partial charge in [0, 0.05) is 12.1 Å². The minimum Gasteiger partial charge on any atom is -0.434 e. The normalized spacial score (nSPS) is 13.5. The summed E-state index contributed by atoms with van der Waals surface area (Å²) in [5.41, 5.74) is 0. The van der Waals surface area contributed by atoms with Crippen molar-refractivity contribution in [2.75, 3.05) is 39.4 Å². The Labute approximate surface area is 200 Å². The summed E-state index contributed by atoms with van der Waals surface area (Å²) in [4.78, 5) is 17.1. The number of unbranched alkanes of at least 4 members (excludes halogenated alkanes) is 4. The fraction of sp³-hybridized carbons (Fsp3) is 0.963. The number of carbonyl (C=O) groups is 1. The van der Waals surface area contributed by atoms with Gasteiger partial charge < -0.3 is 19.3 Å². The molecule has 32 heavy (non-hydrogen) atoms. The number of hydrogen-bond donors (Lipinski definition) is 0. The summed E-state index contributed by atoms with van der Waals surface area (Å²) in [6.45, 7) is 19.2. The largest absolute Gasteiger partial charge is 0.508 e. The van der Waals surface area contributed by atoms with E-state index in [4.69, 9.17) is 9.47 Å². The van der Waals surface area contributed by atoms with Gasteiger partial charge in [0.1, 0.15) is 0 Å². The number of rotatable bonds is 22. The topological polar surface area (TPSA) is 42.0 Å². The van der Waals surface area contributed by atoms with Crippen molar-refractivity contribution >= 4 is 6.16 Å². The first-order valence-electron chi connectivity index (χ1n) is 13.8. The minimum absolute atomic E-state index is 0.455. The van der Waals surface area contributed by atoms with Gasteiger partial charge in [0.15, 0.2) is 0 Å². The number of ether oxygens (including phenoxy) is 2. The maximum absolute atomic E-state index is 11.9. The van der Waals surface area contributed by atoms with Crippen molar-refractivity contribution in [1.82, 2.24) is 9.80 Å². The second kappa shape index (κ2) is 22.0. The monoisotopic (exact) mass is 456 g/mol. The Morgan fingerprint density at radius 2 is 0.906 bits per heavy atom. The molecule has 0 aromatic carbocycles. The zero-order valence-electron chi connectivity index (χ0n) is 22.5. The van der Waals surface area contributed by atoms with E-state index in [2.05, 4.69) is 51.3 Å². The van der Waals surface area contributed by atoms with Crippen LogP contribution < -0.4 is 0 Å².